The fourth-order valence-electron chi connectivity index (χ4n) is 2.75. The third-order valence-corrected chi connectivity index (χ3v) is 3.76. The molecule has 3 heterocycles. The summed E-state index contributed by atoms with van der Waals surface area (Å²) < 4.78 is 17.1. The maximum atomic E-state index is 9.47. The van der Waals surface area contributed by atoms with E-state index in [1.54, 1.807) is 0 Å². The van der Waals surface area contributed by atoms with Gasteiger partial charge in [0.15, 0.2) is 0 Å². The van der Waals surface area contributed by atoms with Gasteiger partial charge >= 0.3 is 0 Å². The lowest BCUT2D eigenvalue weighted by Crippen LogP contribution is -2.58. The predicted octanol–water partition coefficient (Wildman–Crippen LogP) is 0.885. The minimum atomic E-state index is -0.769. The summed E-state index contributed by atoms with van der Waals surface area (Å²) in [5.41, 5.74) is 0. The van der Waals surface area contributed by atoms with Gasteiger partial charge in [0.2, 0.25) is 0 Å². The minimum absolute atomic E-state index is 0.141. The summed E-state index contributed by atoms with van der Waals surface area (Å²) in [5.74, 6) is -0.0577. The lowest BCUT2D eigenvalue weighted by Gasteiger charge is -2.50. The van der Waals surface area contributed by atoms with Gasteiger partial charge in [-0.05, 0) is 25.7 Å². The molecule has 0 aromatic heterocycles. The first-order valence-electron chi connectivity index (χ1n) is 5.88. The highest BCUT2D eigenvalue weighted by molar-refractivity contribution is 4.84. The third kappa shape index (κ3) is 1.69. The Hall–Kier alpha value is -0.160. The molecule has 0 aromatic rings. The molecule has 4 fully saturated rings. The van der Waals surface area contributed by atoms with Crippen molar-refractivity contribution in [1.29, 1.82) is 0 Å². The Morgan fingerprint density at radius 1 is 0.867 bits per heavy atom. The predicted molar refractivity (Wildman–Crippen MR) is 52.0 cm³/mol. The highest BCUT2D eigenvalue weighted by Gasteiger charge is 2.50. The van der Waals surface area contributed by atoms with Crippen LogP contribution >= 0.6 is 0 Å². The van der Waals surface area contributed by atoms with Gasteiger partial charge in [-0.15, -0.1) is 0 Å². The van der Waals surface area contributed by atoms with E-state index in [9.17, 15) is 5.11 Å². The summed E-state index contributed by atoms with van der Waals surface area (Å²) in [6, 6.07) is 0. The van der Waals surface area contributed by atoms with Crippen LogP contribution in [0.25, 0.3) is 0 Å². The van der Waals surface area contributed by atoms with E-state index in [1.165, 1.54) is 0 Å². The smallest absolute Gasteiger partial charge is 0.285 e. The zero-order chi connectivity index (χ0) is 10.3. The van der Waals surface area contributed by atoms with Crippen LogP contribution in [0, 0.1) is 11.8 Å². The average molecular weight is 214 g/mol. The molecule has 0 amide bonds. The SMILES string of the molecule is OC1CCC(C23OCC(CO2)CO3)CC1. The largest absolute Gasteiger partial charge is 0.393 e. The van der Waals surface area contributed by atoms with Crippen LogP contribution < -0.4 is 0 Å². The number of hydrogen-bond donors (Lipinski definition) is 1. The molecule has 0 radical (unpaired) electrons. The fourth-order valence-corrected chi connectivity index (χ4v) is 2.75. The van der Waals surface area contributed by atoms with Crippen LogP contribution in [-0.4, -0.2) is 37.0 Å². The first kappa shape index (κ1) is 10.0. The van der Waals surface area contributed by atoms with Gasteiger partial charge in [-0.3, -0.25) is 0 Å². The highest BCUT2D eigenvalue weighted by Crippen LogP contribution is 2.42. The molecule has 1 aliphatic carbocycles. The molecule has 86 valence electrons. The van der Waals surface area contributed by atoms with E-state index in [0.29, 0.717) is 11.8 Å². The van der Waals surface area contributed by atoms with Gasteiger partial charge in [-0.25, -0.2) is 0 Å². The Morgan fingerprint density at radius 3 is 1.93 bits per heavy atom. The van der Waals surface area contributed by atoms with Crippen molar-refractivity contribution in [1.82, 2.24) is 0 Å². The van der Waals surface area contributed by atoms with E-state index in [-0.39, 0.29) is 6.10 Å². The van der Waals surface area contributed by atoms with Gasteiger partial charge in [-0.1, -0.05) is 0 Å². The molecule has 1 N–H and O–H groups in total. The number of rotatable bonds is 1. The molecule has 1 saturated carbocycles. The van der Waals surface area contributed by atoms with Crippen LogP contribution in [0.1, 0.15) is 25.7 Å². The van der Waals surface area contributed by atoms with Crippen molar-refractivity contribution in [3.63, 3.8) is 0 Å². The molecule has 4 heteroatoms. The maximum Gasteiger partial charge on any atom is 0.285 e. The summed E-state index contributed by atoms with van der Waals surface area (Å²) in [6.45, 7) is 2.29. The number of aliphatic hydroxyl groups is 1. The minimum Gasteiger partial charge on any atom is -0.393 e. The van der Waals surface area contributed by atoms with Crippen molar-refractivity contribution in [2.45, 2.75) is 37.8 Å². The second-order valence-corrected chi connectivity index (χ2v) is 4.91. The molecular weight excluding hydrogens is 196 g/mol. The molecule has 4 nitrogen and oxygen atoms in total. The summed E-state index contributed by atoms with van der Waals surface area (Å²) in [6.07, 6.45) is 3.41. The zero-order valence-corrected chi connectivity index (χ0v) is 8.85. The zero-order valence-electron chi connectivity index (χ0n) is 8.85. The first-order chi connectivity index (χ1) is 7.28. The van der Waals surface area contributed by atoms with Crippen molar-refractivity contribution < 1.29 is 19.3 Å². The second-order valence-electron chi connectivity index (χ2n) is 4.91. The number of aliphatic hydroxyl groups excluding tert-OH is 1. The van der Waals surface area contributed by atoms with Crippen molar-refractivity contribution >= 4 is 0 Å². The maximum absolute atomic E-state index is 9.47. The lowest BCUT2D eigenvalue weighted by molar-refractivity contribution is -0.470. The summed E-state index contributed by atoms with van der Waals surface area (Å²) in [4.78, 5) is 0. The van der Waals surface area contributed by atoms with E-state index < -0.39 is 5.97 Å². The lowest BCUT2D eigenvalue weighted by atomic mass is 9.84. The summed E-state index contributed by atoms with van der Waals surface area (Å²) in [5, 5.41) is 9.47. The van der Waals surface area contributed by atoms with Crippen LogP contribution in [0.4, 0.5) is 0 Å². The average Bonchev–Trinajstić information content (AvgIpc) is 2.32. The highest BCUT2D eigenvalue weighted by atomic mass is 16.9. The quantitative estimate of drug-likeness (QED) is 0.704. The van der Waals surface area contributed by atoms with Gasteiger partial charge < -0.3 is 19.3 Å². The topological polar surface area (TPSA) is 47.9 Å². The summed E-state index contributed by atoms with van der Waals surface area (Å²) in [7, 11) is 0. The molecule has 0 spiro atoms. The second kappa shape index (κ2) is 3.70. The Morgan fingerprint density at radius 2 is 1.40 bits per heavy atom. The number of hydrogen-bond acceptors (Lipinski definition) is 4. The van der Waals surface area contributed by atoms with Crippen molar-refractivity contribution in [2.75, 3.05) is 19.8 Å². The Balaban J connectivity index is 1.69. The van der Waals surface area contributed by atoms with Crippen molar-refractivity contribution in [3.8, 4) is 0 Å². The van der Waals surface area contributed by atoms with E-state index >= 15 is 0 Å². The van der Waals surface area contributed by atoms with Gasteiger partial charge in [0, 0.05) is 11.8 Å². The van der Waals surface area contributed by atoms with Crippen LogP contribution in [0.2, 0.25) is 0 Å². The van der Waals surface area contributed by atoms with Gasteiger partial charge in [0.1, 0.15) is 0 Å². The normalized spacial score (nSPS) is 50.6. The Labute approximate surface area is 89.5 Å². The fraction of sp³-hybridized carbons (Fsp3) is 1.00. The van der Waals surface area contributed by atoms with Gasteiger partial charge in [0.05, 0.1) is 25.9 Å². The van der Waals surface area contributed by atoms with Gasteiger partial charge in [-0.2, -0.15) is 0 Å². The molecule has 3 aliphatic heterocycles. The van der Waals surface area contributed by atoms with Crippen LogP contribution in [0.5, 0.6) is 0 Å². The monoisotopic (exact) mass is 214 g/mol. The van der Waals surface area contributed by atoms with Crippen LogP contribution in [0.15, 0.2) is 0 Å². The molecule has 4 aliphatic rings. The number of ether oxygens (including phenoxy) is 3. The van der Waals surface area contributed by atoms with E-state index in [4.69, 9.17) is 14.2 Å². The van der Waals surface area contributed by atoms with Gasteiger partial charge in [0.25, 0.3) is 5.97 Å². The van der Waals surface area contributed by atoms with Crippen LogP contribution in [0.3, 0.4) is 0 Å². The molecule has 0 atom stereocenters. The van der Waals surface area contributed by atoms with E-state index in [2.05, 4.69) is 0 Å². The number of fused-ring (bicyclic) bond motifs is 3. The molecular formula is C11H18O4. The Bertz CT molecular complexity index is 213. The Kier molecular flexibility index (Phi) is 2.47. The molecule has 0 unspecified atom stereocenters. The molecule has 4 rings (SSSR count). The first-order valence-corrected chi connectivity index (χ1v) is 5.88. The standard InChI is InChI=1S/C11H18O4/c12-10-3-1-9(2-4-10)11-13-5-8(6-14-11)7-15-11/h8-10,12H,1-7H2. The summed E-state index contributed by atoms with van der Waals surface area (Å²) >= 11 is 0. The van der Waals surface area contributed by atoms with Crippen molar-refractivity contribution in [2.24, 2.45) is 11.8 Å². The molecule has 15 heavy (non-hydrogen) atoms. The molecule has 0 aromatic carbocycles. The third-order valence-electron chi connectivity index (χ3n) is 3.76. The van der Waals surface area contributed by atoms with E-state index in [1.807, 2.05) is 0 Å². The van der Waals surface area contributed by atoms with Crippen LogP contribution in [-0.2, 0) is 14.2 Å². The molecule has 2 bridgehead atoms. The molecule has 3 saturated heterocycles. The van der Waals surface area contributed by atoms with Crippen molar-refractivity contribution in [3.05, 3.63) is 0 Å². The van der Waals surface area contributed by atoms with E-state index in [0.717, 1.165) is 45.5 Å².